The molecule has 0 bridgehead atoms. The molecule has 1 aliphatic rings. The maximum atomic E-state index is 12.1. The van der Waals surface area contributed by atoms with Gasteiger partial charge in [0, 0.05) is 26.2 Å². The van der Waals surface area contributed by atoms with Gasteiger partial charge < -0.3 is 30.3 Å². The van der Waals surface area contributed by atoms with Crippen LogP contribution in [0.25, 0.3) is 0 Å². The van der Waals surface area contributed by atoms with Gasteiger partial charge in [0.15, 0.2) is 6.23 Å². The van der Waals surface area contributed by atoms with Crippen LogP contribution in [0.4, 0.5) is 10.6 Å². The molecule has 31 heavy (non-hydrogen) atoms. The molecule has 1 aromatic rings. The molecule has 6 N–H and O–H groups in total. The largest absolute Gasteiger partial charge is 0.447 e. The lowest BCUT2D eigenvalue weighted by Crippen LogP contribution is -2.37. The predicted molar refractivity (Wildman–Crippen MR) is 106 cm³/mol. The van der Waals surface area contributed by atoms with Crippen LogP contribution in [-0.2, 0) is 14.3 Å². The van der Waals surface area contributed by atoms with E-state index in [1.54, 1.807) is 12.5 Å². The summed E-state index contributed by atoms with van der Waals surface area (Å²) in [5.41, 5.74) is 0.898. The fourth-order valence-electron chi connectivity index (χ4n) is 3.06. The number of ether oxygens (including phenoxy) is 2. The first-order valence-corrected chi connectivity index (χ1v) is 9.99. The number of nitrogens with zero attached hydrogens (tertiary/aromatic N) is 2. The highest BCUT2D eigenvalue weighted by molar-refractivity contribution is 5.74. The van der Waals surface area contributed by atoms with Crippen molar-refractivity contribution in [2.75, 3.05) is 25.5 Å². The molecule has 2 amide bonds. The zero-order valence-electron chi connectivity index (χ0n) is 17.2. The number of carbonyl (C=O) groups excluding carboxylic acids is 2. The molecule has 2 rings (SSSR count). The Morgan fingerprint density at radius 3 is 2.65 bits per heavy atom. The van der Waals surface area contributed by atoms with E-state index in [1.807, 2.05) is 0 Å². The molecule has 1 fully saturated rings. The van der Waals surface area contributed by atoms with Gasteiger partial charge in [0.05, 0.1) is 0 Å². The quantitative estimate of drug-likeness (QED) is 0.142. The molecule has 1 aliphatic heterocycles. The highest BCUT2D eigenvalue weighted by Gasteiger charge is 2.44. The summed E-state index contributed by atoms with van der Waals surface area (Å²) in [6, 6.07) is 1.52. The Hall–Kier alpha value is -2.74. The van der Waals surface area contributed by atoms with Crippen molar-refractivity contribution < 1.29 is 34.5 Å². The molecule has 0 spiro atoms. The Morgan fingerprint density at radius 1 is 1.23 bits per heavy atom. The topological polar surface area (TPSA) is 184 Å². The van der Waals surface area contributed by atoms with Gasteiger partial charge in [0.25, 0.3) is 0 Å². The van der Waals surface area contributed by atoms with Crippen molar-refractivity contribution in [2.24, 2.45) is 0 Å². The van der Waals surface area contributed by atoms with Crippen LogP contribution in [0.3, 0.4) is 0 Å². The maximum Gasteiger partial charge on any atom is 0.407 e. The van der Waals surface area contributed by atoms with Gasteiger partial charge in [-0.1, -0.05) is 12.8 Å². The summed E-state index contributed by atoms with van der Waals surface area (Å²) in [6.45, 7) is 0.0524. The van der Waals surface area contributed by atoms with E-state index in [-0.39, 0.29) is 13.0 Å². The molecule has 0 radical (unpaired) electrons. The van der Waals surface area contributed by atoms with Crippen molar-refractivity contribution in [1.82, 2.24) is 20.3 Å². The minimum absolute atomic E-state index is 0.240. The molecule has 13 heteroatoms. The third-order valence-corrected chi connectivity index (χ3v) is 4.80. The summed E-state index contributed by atoms with van der Waals surface area (Å²) in [5.74, 6) is -0.0806. The first-order chi connectivity index (χ1) is 14.9. The van der Waals surface area contributed by atoms with Gasteiger partial charge in [0.1, 0.15) is 30.7 Å². The molecule has 174 valence electrons. The number of carbonyl (C=O) groups is 2. The first kappa shape index (κ1) is 24.5. The lowest BCUT2D eigenvalue weighted by atomic mass is 10.1. The molecule has 0 unspecified atom stereocenters. The molecular formula is C18H29N5O8. The van der Waals surface area contributed by atoms with Gasteiger partial charge in [-0.3, -0.25) is 14.6 Å². The number of anilines is 1. The highest BCUT2D eigenvalue weighted by atomic mass is 16.6. The third kappa shape index (κ3) is 7.17. The second kappa shape index (κ2) is 12.2. The van der Waals surface area contributed by atoms with Crippen LogP contribution in [0.15, 0.2) is 17.1 Å². The van der Waals surface area contributed by atoms with Gasteiger partial charge in [-0.15, -0.1) is 0 Å². The Kier molecular flexibility index (Phi) is 9.65. The van der Waals surface area contributed by atoms with E-state index in [4.69, 9.17) is 14.7 Å². The van der Waals surface area contributed by atoms with Gasteiger partial charge >= 0.3 is 11.8 Å². The van der Waals surface area contributed by atoms with Crippen molar-refractivity contribution >= 4 is 17.8 Å². The summed E-state index contributed by atoms with van der Waals surface area (Å²) >= 11 is 0. The highest BCUT2D eigenvalue weighted by Crippen LogP contribution is 2.28. The van der Waals surface area contributed by atoms with E-state index in [1.165, 1.54) is 12.3 Å². The van der Waals surface area contributed by atoms with Gasteiger partial charge in [0.2, 0.25) is 5.91 Å². The van der Waals surface area contributed by atoms with Crippen molar-refractivity contribution in [2.45, 2.75) is 56.6 Å². The van der Waals surface area contributed by atoms with E-state index in [0.29, 0.717) is 25.2 Å². The molecule has 0 aliphatic carbocycles. The number of alkyl carbamates (subject to hydrolysis) is 1. The van der Waals surface area contributed by atoms with E-state index in [2.05, 4.69) is 15.6 Å². The number of amides is 2. The van der Waals surface area contributed by atoms with Crippen molar-refractivity contribution in [3.63, 3.8) is 0 Å². The lowest BCUT2D eigenvalue weighted by Gasteiger charge is -2.17. The monoisotopic (exact) mass is 443 g/mol. The van der Waals surface area contributed by atoms with Gasteiger partial charge in [-0.2, -0.15) is 4.98 Å². The average molecular weight is 443 g/mol. The Bertz CT molecular complexity index is 788. The van der Waals surface area contributed by atoms with Crippen LogP contribution in [0, 0.1) is 0 Å². The number of aromatic nitrogens is 2. The second-order valence-electron chi connectivity index (χ2n) is 7.02. The molecule has 1 saturated heterocycles. The fourth-order valence-corrected chi connectivity index (χ4v) is 3.06. The minimum atomic E-state index is -1.40. The van der Waals surface area contributed by atoms with E-state index >= 15 is 0 Å². The van der Waals surface area contributed by atoms with Crippen LogP contribution < -0.4 is 21.8 Å². The number of nitrogens with one attached hydrogen (secondary N) is 3. The van der Waals surface area contributed by atoms with Crippen LogP contribution in [-0.4, -0.2) is 75.5 Å². The molecule has 2 heterocycles. The standard InChI is InChI=1S/C18H29N5O8/c1-19-12-7-9-23(17(27)21-12)16-15(26)14(25)11(31-16)10-30-18(28)20-8-5-3-2-4-6-13(24)22-29/h7,9,11,14-16,25-26,29H,2-6,8,10H2,1H3,(H,20,28)(H,22,24)(H,19,21,27)/t11-,14-,15+,16-/m1/s1. The second-order valence-corrected chi connectivity index (χ2v) is 7.02. The predicted octanol–water partition coefficient (Wildman–Crippen LogP) is -0.914. The van der Waals surface area contributed by atoms with Crippen LogP contribution in [0.1, 0.15) is 38.3 Å². The number of rotatable bonds is 11. The summed E-state index contributed by atoms with van der Waals surface area (Å²) in [6.07, 6.45) is -1.14. The van der Waals surface area contributed by atoms with Gasteiger partial charge in [-0.25, -0.2) is 15.1 Å². The molecule has 13 nitrogen and oxygen atoms in total. The maximum absolute atomic E-state index is 12.1. The van der Waals surface area contributed by atoms with Crippen molar-refractivity contribution in [3.8, 4) is 0 Å². The zero-order chi connectivity index (χ0) is 22.8. The summed E-state index contributed by atoms with van der Waals surface area (Å²) in [7, 11) is 1.61. The van der Waals surface area contributed by atoms with E-state index < -0.39 is 42.2 Å². The number of aliphatic hydroxyl groups excluding tert-OH is 2. The molecule has 1 aromatic heterocycles. The summed E-state index contributed by atoms with van der Waals surface area (Å²) in [5, 5.41) is 34.0. The minimum Gasteiger partial charge on any atom is -0.447 e. The van der Waals surface area contributed by atoms with Crippen LogP contribution in [0.2, 0.25) is 0 Å². The Balaban J connectivity index is 1.70. The smallest absolute Gasteiger partial charge is 0.407 e. The zero-order valence-corrected chi connectivity index (χ0v) is 17.2. The van der Waals surface area contributed by atoms with Crippen LogP contribution >= 0.6 is 0 Å². The normalized spacial score (nSPS) is 22.7. The lowest BCUT2D eigenvalue weighted by molar-refractivity contribution is -0.129. The average Bonchev–Trinajstić information content (AvgIpc) is 3.05. The Labute approximate surface area is 178 Å². The molecule has 0 aromatic carbocycles. The van der Waals surface area contributed by atoms with E-state index in [0.717, 1.165) is 17.4 Å². The number of hydrogen-bond acceptors (Lipinski definition) is 10. The van der Waals surface area contributed by atoms with E-state index in [9.17, 15) is 24.6 Å². The van der Waals surface area contributed by atoms with Gasteiger partial charge in [-0.05, 0) is 18.9 Å². The summed E-state index contributed by atoms with van der Waals surface area (Å²) < 4.78 is 11.6. The molecular weight excluding hydrogens is 414 g/mol. The number of hydroxylamine groups is 1. The number of hydrogen-bond donors (Lipinski definition) is 6. The molecule has 0 saturated carbocycles. The third-order valence-electron chi connectivity index (χ3n) is 4.80. The van der Waals surface area contributed by atoms with Crippen molar-refractivity contribution in [1.29, 1.82) is 0 Å². The number of aliphatic hydroxyl groups is 2. The van der Waals surface area contributed by atoms with Crippen LogP contribution in [0.5, 0.6) is 0 Å². The van der Waals surface area contributed by atoms with Crippen molar-refractivity contribution in [3.05, 3.63) is 22.7 Å². The SMILES string of the molecule is CNc1ccn([C@@H]2O[C@H](COC(=O)NCCCCCCC(=O)NO)[C@@H](O)[C@@H]2O)c(=O)n1. The fraction of sp³-hybridized carbons (Fsp3) is 0.667. The summed E-state index contributed by atoms with van der Waals surface area (Å²) in [4.78, 5) is 38.5. The Morgan fingerprint density at radius 2 is 1.97 bits per heavy atom. The molecule has 4 atom stereocenters. The number of unbranched alkanes of at least 4 members (excludes halogenated alkanes) is 3. The first-order valence-electron chi connectivity index (χ1n) is 9.99.